The van der Waals surface area contributed by atoms with E-state index < -0.39 is 18.0 Å². The number of carboxylic acids is 1. The van der Waals surface area contributed by atoms with E-state index in [9.17, 15) is 14.4 Å². The zero-order valence-corrected chi connectivity index (χ0v) is 9.61. The van der Waals surface area contributed by atoms with Gasteiger partial charge in [0.25, 0.3) is 0 Å². The highest BCUT2D eigenvalue weighted by molar-refractivity contribution is 5.82. The molecule has 92 valence electrons. The quantitative estimate of drug-likeness (QED) is 0.541. The van der Waals surface area contributed by atoms with Gasteiger partial charge in [0, 0.05) is 27.1 Å². The lowest BCUT2D eigenvalue weighted by Crippen LogP contribution is -2.47. The Morgan fingerprint density at radius 2 is 1.75 bits per heavy atom. The summed E-state index contributed by atoms with van der Waals surface area (Å²) in [5.74, 6) is -1.25. The molecule has 0 rings (SSSR count). The largest absolute Gasteiger partial charge is 0.480 e. The molecule has 3 amide bonds. The van der Waals surface area contributed by atoms with E-state index in [2.05, 4.69) is 10.6 Å². The molecule has 16 heavy (non-hydrogen) atoms. The number of carbonyl (C=O) groups is 3. The van der Waals surface area contributed by atoms with E-state index in [-0.39, 0.29) is 12.5 Å². The SMILES string of the molecule is CC(=O)NCCNC(=O)N(C)C(C)C(=O)O. The standard InChI is InChI=1S/C9H17N3O4/c1-6(8(14)15)12(3)9(16)11-5-4-10-7(2)13/h6H,4-5H2,1-3H3,(H,10,13)(H,11,16)(H,14,15). The molecule has 0 aromatic rings. The molecule has 0 aromatic carbocycles. The molecule has 0 spiro atoms. The third-order valence-electron chi connectivity index (χ3n) is 2.03. The maximum Gasteiger partial charge on any atom is 0.326 e. The van der Waals surface area contributed by atoms with E-state index in [0.717, 1.165) is 4.90 Å². The monoisotopic (exact) mass is 231 g/mol. The van der Waals surface area contributed by atoms with Crippen molar-refractivity contribution in [1.29, 1.82) is 0 Å². The van der Waals surface area contributed by atoms with Crippen LogP contribution in [0.4, 0.5) is 4.79 Å². The van der Waals surface area contributed by atoms with Crippen molar-refractivity contribution in [2.45, 2.75) is 19.9 Å². The first-order chi connectivity index (χ1) is 7.36. The normalized spacial score (nSPS) is 11.4. The molecule has 1 atom stereocenters. The smallest absolute Gasteiger partial charge is 0.326 e. The van der Waals surface area contributed by atoms with Crippen molar-refractivity contribution in [2.75, 3.05) is 20.1 Å². The van der Waals surface area contributed by atoms with Gasteiger partial charge in [0.1, 0.15) is 6.04 Å². The zero-order valence-electron chi connectivity index (χ0n) is 9.61. The summed E-state index contributed by atoms with van der Waals surface area (Å²) in [6.45, 7) is 3.36. The number of hydrogen-bond acceptors (Lipinski definition) is 3. The van der Waals surface area contributed by atoms with Gasteiger partial charge in [-0.15, -0.1) is 0 Å². The van der Waals surface area contributed by atoms with Crippen LogP contribution < -0.4 is 10.6 Å². The van der Waals surface area contributed by atoms with E-state index in [1.165, 1.54) is 20.9 Å². The Morgan fingerprint density at radius 1 is 1.25 bits per heavy atom. The second kappa shape index (κ2) is 6.65. The van der Waals surface area contributed by atoms with Crippen LogP contribution >= 0.6 is 0 Å². The molecule has 7 heteroatoms. The van der Waals surface area contributed by atoms with Crippen molar-refractivity contribution < 1.29 is 19.5 Å². The highest BCUT2D eigenvalue weighted by Crippen LogP contribution is 1.95. The Balaban J connectivity index is 3.88. The molecule has 0 aliphatic heterocycles. The second-order valence-electron chi connectivity index (χ2n) is 3.34. The number of urea groups is 1. The molecule has 0 fully saturated rings. The summed E-state index contributed by atoms with van der Waals surface area (Å²) in [5.41, 5.74) is 0. The first kappa shape index (κ1) is 14.2. The fraction of sp³-hybridized carbons (Fsp3) is 0.667. The van der Waals surface area contributed by atoms with Gasteiger partial charge < -0.3 is 20.6 Å². The summed E-state index contributed by atoms with van der Waals surface area (Å²) in [6, 6.07) is -1.37. The van der Waals surface area contributed by atoms with Gasteiger partial charge in [-0.05, 0) is 6.92 Å². The average Bonchev–Trinajstić information content (AvgIpc) is 2.21. The average molecular weight is 231 g/mol. The summed E-state index contributed by atoms with van der Waals surface area (Å²) < 4.78 is 0. The predicted molar refractivity (Wildman–Crippen MR) is 56.9 cm³/mol. The van der Waals surface area contributed by atoms with Gasteiger partial charge >= 0.3 is 12.0 Å². The Morgan fingerprint density at radius 3 is 2.19 bits per heavy atom. The van der Waals surface area contributed by atoms with Crippen molar-refractivity contribution in [3.05, 3.63) is 0 Å². The fourth-order valence-corrected chi connectivity index (χ4v) is 0.874. The van der Waals surface area contributed by atoms with Crippen LogP contribution in [0.2, 0.25) is 0 Å². The van der Waals surface area contributed by atoms with Crippen LogP contribution in [0, 0.1) is 0 Å². The highest BCUT2D eigenvalue weighted by Gasteiger charge is 2.20. The van der Waals surface area contributed by atoms with Crippen LogP contribution in [-0.2, 0) is 9.59 Å². The molecule has 3 N–H and O–H groups in total. The third kappa shape index (κ3) is 5.18. The lowest BCUT2D eigenvalue weighted by molar-refractivity contribution is -0.141. The van der Waals surface area contributed by atoms with Crippen LogP contribution in [0.25, 0.3) is 0 Å². The Hall–Kier alpha value is -1.79. The molecule has 0 aliphatic rings. The van der Waals surface area contributed by atoms with Crippen LogP contribution in [0.15, 0.2) is 0 Å². The molecule has 0 bridgehead atoms. The second-order valence-corrected chi connectivity index (χ2v) is 3.34. The van der Waals surface area contributed by atoms with Gasteiger partial charge in [0.05, 0.1) is 0 Å². The first-order valence-corrected chi connectivity index (χ1v) is 4.84. The lowest BCUT2D eigenvalue weighted by Gasteiger charge is -2.21. The number of nitrogens with one attached hydrogen (secondary N) is 2. The number of nitrogens with zero attached hydrogens (tertiary/aromatic N) is 1. The number of carboxylic acid groups (broad SMARTS) is 1. The maximum atomic E-state index is 11.4. The zero-order chi connectivity index (χ0) is 12.7. The Kier molecular flexibility index (Phi) is 5.91. The van der Waals surface area contributed by atoms with Gasteiger partial charge in [-0.3, -0.25) is 4.79 Å². The molecule has 0 radical (unpaired) electrons. The van der Waals surface area contributed by atoms with E-state index in [1.807, 2.05) is 0 Å². The van der Waals surface area contributed by atoms with E-state index >= 15 is 0 Å². The molecular weight excluding hydrogens is 214 g/mol. The molecule has 0 heterocycles. The predicted octanol–water partition coefficient (Wildman–Crippen LogP) is -0.763. The summed E-state index contributed by atoms with van der Waals surface area (Å²) in [6.07, 6.45) is 0. The fourth-order valence-electron chi connectivity index (χ4n) is 0.874. The number of hydrogen-bond donors (Lipinski definition) is 3. The van der Waals surface area contributed by atoms with E-state index in [4.69, 9.17) is 5.11 Å². The van der Waals surface area contributed by atoms with Crippen LogP contribution in [-0.4, -0.2) is 54.1 Å². The minimum absolute atomic E-state index is 0.179. The van der Waals surface area contributed by atoms with Gasteiger partial charge in [0.15, 0.2) is 0 Å². The van der Waals surface area contributed by atoms with Crippen LogP contribution in [0.5, 0.6) is 0 Å². The van der Waals surface area contributed by atoms with Crippen molar-refractivity contribution in [2.24, 2.45) is 0 Å². The van der Waals surface area contributed by atoms with Gasteiger partial charge in [0.2, 0.25) is 5.91 Å². The van der Waals surface area contributed by atoms with Crippen molar-refractivity contribution in [1.82, 2.24) is 15.5 Å². The summed E-state index contributed by atoms with van der Waals surface area (Å²) >= 11 is 0. The minimum atomic E-state index is -1.07. The van der Waals surface area contributed by atoms with Crippen molar-refractivity contribution in [3.63, 3.8) is 0 Å². The summed E-state index contributed by atoms with van der Waals surface area (Å²) in [4.78, 5) is 33.5. The van der Waals surface area contributed by atoms with Crippen molar-refractivity contribution in [3.8, 4) is 0 Å². The summed E-state index contributed by atoms with van der Waals surface area (Å²) in [5, 5.41) is 13.7. The number of likely N-dealkylation sites (N-methyl/N-ethyl adjacent to an activating group) is 1. The van der Waals surface area contributed by atoms with Gasteiger partial charge in [-0.1, -0.05) is 0 Å². The number of carbonyl (C=O) groups excluding carboxylic acids is 2. The van der Waals surface area contributed by atoms with Crippen molar-refractivity contribution >= 4 is 17.9 Å². The van der Waals surface area contributed by atoms with Crippen LogP contribution in [0.1, 0.15) is 13.8 Å². The van der Waals surface area contributed by atoms with E-state index in [1.54, 1.807) is 0 Å². The molecular formula is C9H17N3O4. The molecule has 0 saturated carbocycles. The Bertz CT molecular complexity index is 280. The molecule has 0 saturated heterocycles. The topological polar surface area (TPSA) is 98.7 Å². The van der Waals surface area contributed by atoms with Gasteiger partial charge in [-0.2, -0.15) is 0 Å². The lowest BCUT2D eigenvalue weighted by atomic mass is 10.3. The molecule has 1 unspecified atom stereocenters. The maximum absolute atomic E-state index is 11.4. The molecule has 0 aliphatic carbocycles. The minimum Gasteiger partial charge on any atom is -0.480 e. The van der Waals surface area contributed by atoms with Crippen LogP contribution in [0.3, 0.4) is 0 Å². The van der Waals surface area contributed by atoms with Gasteiger partial charge in [-0.25, -0.2) is 9.59 Å². The number of rotatable bonds is 5. The third-order valence-corrected chi connectivity index (χ3v) is 2.03. The summed E-state index contributed by atoms with van der Waals surface area (Å²) in [7, 11) is 1.40. The Labute approximate surface area is 93.8 Å². The number of amides is 3. The number of aliphatic carboxylic acids is 1. The van der Waals surface area contributed by atoms with E-state index in [0.29, 0.717) is 6.54 Å². The highest BCUT2D eigenvalue weighted by atomic mass is 16.4. The first-order valence-electron chi connectivity index (χ1n) is 4.84. The molecule has 0 aromatic heterocycles. The molecule has 7 nitrogen and oxygen atoms in total.